The Morgan fingerprint density at radius 3 is 2.37 bits per heavy atom. The van der Waals surface area contributed by atoms with Crippen molar-refractivity contribution in [3.05, 3.63) is 96.4 Å². The number of nitrogens with zero attached hydrogens (tertiary/aromatic N) is 1. The standard InChI is InChI=1S/C34H28Cl2N2O6S2/c1-42-19-8-6-18(7-9-19)38-32(39)27-20-13-21(28(27)33(38)40)29-26(20)25(30-31(45-29)37-34(41)46-30)15-4-10-23(24(11-15)43-2)44-14-16-3-5-17(35)12-22(16)36/h3-12,20-21,25-29H,13-14H2,1-2H3,(H,37,41)/t20?,21?,25-,26?,27?,28?,29?/m1/s1. The predicted octanol–water partition coefficient (Wildman–Crippen LogP) is 7.02. The summed E-state index contributed by atoms with van der Waals surface area (Å²) in [4.78, 5) is 45.9. The predicted molar refractivity (Wildman–Crippen MR) is 178 cm³/mol. The van der Waals surface area contributed by atoms with Crippen LogP contribution in [0.1, 0.15) is 28.3 Å². The summed E-state index contributed by atoms with van der Waals surface area (Å²) >= 11 is 15.3. The monoisotopic (exact) mass is 694 g/mol. The van der Waals surface area contributed by atoms with Gasteiger partial charge >= 0.3 is 4.87 Å². The second-order valence-electron chi connectivity index (χ2n) is 12.1. The Bertz CT molecular complexity index is 1940. The third kappa shape index (κ3) is 4.59. The minimum Gasteiger partial charge on any atom is -0.497 e. The average molecular weight is 696 g/mol. The Hall–Kier alpha value is -3.44. The zero-order valence-electron chi connectivity index (χ0n) is 24.7. The van der Waals surface area contributed by atoms with E-state index in [0.29, 0.717) is 33.0 Å². The van der Waals surface area contributed by atoms with Crippen LogP contribution in [-0.2, 0) is 16.2 Å². The van der Waals surface area contributed by atoms with E-state index in [1.165, 1.54) is 16.2 Å². The molecule has 3 aromatic carbocycles. The lowest BCUT2D eigenvalue weighted by molar-refractivity contribution is -0.123. The highest BCUT2D eigenvalue weighted by atomic mass is 35.5. The Labute approximate surface area is 282 Å². The van der Waals surface area contributed by atoms with Crippen molar-refractivity contribution in [2.24, 2.45) is 29.6 Å². The van der Waals surface area contributed by atoms with Crippen LogP contribution in [0.5, 0.6) is 17.2 Å². The number of aromatic amines is 1. The summed E-state index contributed by atoms with van der Waals surface area (Å²) in [5.74, 6) is 0.687. The molecule has 2 aliphatic carbocycles. The second kappa shape index (κ2) is 11.4. The van der Waals surface area contributed by atoms with Crippen LogP contribution in [0.2, 0.25) is 10.0 Å². The maximum absolute atomic E-state index is 14.0. The number of methoxy groups -OCH3 is 2. The number of H-pyrrole nitrogens is 1. The van der Waals surface area contributed by atoms with Crippen molar-refractivity contribution < 1.29 is 23.8 Å². The molecular formula is C34H28Cl2N2O6S2. The van der Waals surface area contributed by atoms with Crippen LogP contribution in [0.3, 0.4) is 0 Å². The Morgan fingerprint density at radius 1 is 0.891 bits per heavy atom. The van der Waals surface area contributed by atoms with Crippen molar-refractivity contribution in [1.29, 1.82) is 0 Å². The van der Waals surface area contributed by atoms with Gasteiger partial charge in [-0.3, -0.25) is 19.3 Å². The second-order valence-corrected chi connectivity index (χ2v) is 15.2. The quantitative estimate of drug-likeness (QED) is 0.208. The number of ether oxygens (including phenoxy) is 3. The molecule has 8 nitrogen and oxygen atoms in total. The van der Waals surface area contributed by atoms with Crippen LogP contribution in [-0.4, -0.2) is 36.3 Å². The number of halogens is 2. The molecular weight excluding hydrogens is 667 g/mol. The molecule has 8 rings (SSSR count). The number of anilines is 1. The molecule has 4 aromatic rings. The summed E-state index contributed by atoms with van der Waals surface area (Å²) in [6, 6.07) is 18.2. The summed E-state index contributed by atoms with van der Waals surface area (Å²) in [7, 11) is 3.18. The summed E-state index contributed by atoms with van der Waals surface area (Å²) in [5.41, 5.74) is 2.34. The number of thiazole rings is 1. The van der Waals surface area contributed by atoms with Gasteiger partial charge in [-0.1, -0.05) is 46.7 Å². The molecule has 7 atom stereocenters. The van der Waals surface area contributed by atoms with Crippen LogP contribution in [0, 0.1) is 29.6 Å². The summed E-state index contributed by atoms with van der Waals surface area (Å²) in [6.45, 7) is 0.230. The minimum absolute atomic E-state index is 0.00322. The van der Waals surface area contributed by atoms with Crippen molar-refractivity contribution >= 4 is 63.8 Å². The molecule has 12 heteroatoms. The summed E-state index contributed by atoms with van der Waals surface area (Å²) < 4.78 is 17.2. The highest BCUT2D eigenvalue weighted by Gasteiger charge is 2.69. The first-order valence-electron chi connectivity index (χ1n) is 14.9. The largest absolute Gasteiger partial charge is 0.497 e. The number of carbonyl (C=O) groups excluding carboxylic acids is 2. The molecule has 1 saturated heterocycles. The maximum Gasteiger partial charge on any atom is 0.305 e. The normalized spacial score (nSPS) is 27.4. The maximum atomic E-state index is 14.0. The van der Waals surface area contributed by atoms with Crippen molar-refractivity contribution in [3.8, 4) is 17.2 Å². The number of benzene rings is 3. The van der Waals surface area contributed by atoms with E-state index >= 15 is 0 Å². The molecule has 3 fully saturated rings. The van der Waals surface area contributed by atoms with Gasteiger partial charge in [-0.2, -0.15) is 0 Å². The zero-order valence-corrected chi connectivity index (χ0v) is 27.8. The number of thioether (sulfide) groups is 1. The first-order valence-corrected chi connectivity index (χ1v) is 17.4. The number of nitrogens with one attached hydrogen (secondary N) is 1. The highest BCUT2D eigenvalue weighted by Crippen LogP contribution is 2.68. The van der Waals surface area contributed by atoms with E-state index in [1.807, 2.05) is 24.3 Å². The van der Waals surface area contributed by atoms with Crippen LogP contribution in [0.25, 0.3) is 0 Å². The Morgan fingerprint density at radius 2 is 1.65 bits per heavy atom. The van der Waals surface area contributed by atoms with Gasteiger partial charge < -0.3 is 19.2 Å². The minimum atomic E-state index is -0.394. The Balaban J connectivity index is 1.13. The molecule has 2 aliphatic heterocycles. The van der Waals surface area contributed by atoms with Crippen molar-refractivity contribution in [2.45, 2.75) is 29.2 Å². The lowest BCUT2D eigenvalue weighted by Crippen LogP contribution is -2.42. The van der Waals surface area contributed by atoms with E-state index in [0.717, 1.165) is 27.5 Å². The van der Waals surface area contributed by atoms with E-state index in [2.05, 4.69) is 4.98 Å². The van der Waals surface area contributed by atoms with Gasteiger partial charge in [-0.25, -0.2) is 0 Å². The third-order valence-electron chi connectivity index (χ3n) is 10.00. The topological polar surface area (TPSA) is 97.9 Å². The number of hydrogen-bond donors (Lipinski definition) is 1. The number of fused-ring (bicyclic) bond motifs is 9. The van der Waals surface area contributed by atoms with E-state index in [1.54, 1.807) is 62.4 Å². The molecule has 0 spiro atoms. The smallest absolute Gasteiger partial charge is 0.305 e. The molecule has 6 unspecified atom stereocenters. The average Bonchev–Trinajstić information content (AvgIpc) is 3.79. The molecule has 236 valence electrons. The fourth-order valence-corrected chi connectivity index (χ4v) is 11.5. The van der Waals surface area contributed by atoms with E-state index in [4.69, 9.17) is 37.4 Å². The van der Waals surface area contributed by atoms with Gasteiger partial charge in [0.25, 0.3) is 0 Å². The zero-order chi connectivity index (χ0) is 31.9. The van der Waals surface area contributed by atoms with Crippen molar-refractivity contribution in [2.75, 3.05) is 19.1 Å². The van der Waals surface area contributed by atoms with Crippen LogP contribution in [0.15, 0.2) is 70.5 Å². The fraction of sp³-hybridized carbons (Fsp3) is 0.324. The summed E-state index contributed by atoms with van der Waals surface area (Å²) in [5, 5.41) is 2.00. The van der Waals surface area contributed by atoms with Crippen molar-refractivity contribution in [3.63, 3.8) is 0 Å². The number of rotatable bonds is 7. The molecule has 0 radical (unpaired) electrons. The van der Waals surface area contributed by atoms with Crippen LogP contribution >= 0.6 is 46.3 Å². The van der Waals surface area contributed by atoms with Crippen LogP contribution < -0.4 is 24.0 Å². The van der Waals surface area contributed by atoms with Crippen LogP contribution in [0.4, 0.5) is 5.69 Å². The lowest BCUT2D eigenvalue weighted by Gasteiger charge is -2.43. The fourth-order valence-electron chi connectivity index (χ4n) is 8.17. The van der Waals surface area contributed by atoms with Crippen molar-refractivity contribution in [1.82, 2.24) is 4.98 Å². The van der Waals surface area contributed by atoms with Gasteiger partial charge in [-0.05, 0) is 78.3 Å². The highest BCUT2D eigenvalue weighted by molar-refractivity contribution is 8.00. The SMILES string of the molecule is COc1ccc(N2C(=O)C3C4CC(C3C2=O)C2C4Sc3[nH]c(=O)sc3[C@@H]2c2ccc(OCc3ccc(Cl)cc3Cl)c(OC)c2)cc1. The first-order chi connectivity index (χ1) is 22.3. The molecule has 4 aliphatic rings. The molecule has 2 amide bonds. The molecule has 2 saturated carbocycles. The third-order valence-corrected chi connectivity index (χ3v) is 13.2. The van der Waals surface area contributed by atoms with Gasteiger partial charge in [0.1, 0.15) is 12.4 Å². The van der Waals surface area contributed by atoms with E-state index in [-0.39, 0.29) is 58.1 Å². The lowest BCUT2D eigenvalue weighted by atomic mass is 9.68. The first kappa shape index (κ1) is 29.9. The molecule has 2 bridgehead atoms. The number of carbonyl (C=O) groups is 2. The van der Waals surface area contributed by atoms with Gasteiger partial charge in [-0.15, -0.1) is 11.8 Å². The number of aromatic nitrogens is 1. The van der Waals surface area contributed by atoms with E-state index < -0.39 is 5.92 Å². The van der Waals surface area contributed by atoms with Gasteiger partial charge in [0.15, 0.2) is 11.5 Å². The van der Waals surface area contributed by atoms with Gasteiger partial charge in [0, 0.05) is 31.7 Å². The number of hydrogen-bond acceptors (Lipinski definition) is 8. The summed E-state index contributed by atoms with van der Waals surface area (Å²) in [6.07, 6.45) is 0.807. The molecule has 3 heterocycles. The van der Waals surface area contributed by atoms with Gasteiger partial charge in [0.2, 0.25) is 11.8 Å². The number of amides is 2. The molecule has 1 aromatic heterocycles. The van der Waals surface area contributed by atoms with E-state index in [9.17, 15) is 14.4 Å². The number of imide groups is 1. The molecule has 46 heavy (non-hydrogen) atoms. The Kier molecular flexibility index (Phi) is 7.39. The molecule has 1 N–H and O–H groups in total. The van der Waals surface area contributed by atoms with Gasteiger partial charge in [0.05, 0.1) is 36.8 Å².